The molecule has 0 saturated carbocycles. The first-order valence-electron chi connectivity index (χ1n) is 9.78. The summed E-state index contributed by atoms with van der Waals surface area (Å²) in [7, 11) is 2.60. The molecule has 0 amide bonds. The van der Waals surface area contributed by atoms with Gasteiger partial charge in [-0.25, -0.2) is 14.6 Å². The van der Waals surface area contributed by atoms with E-state index in [2.05, 4.69) is 29.1 Å². The number of ether oxygens (including phenoxy) is 2. The molecule has 2 N–H and O–H groups in total. The van der Waals surface area contributed by atoms with Crippen molar-refractivity contribution in [1.29, 1.82) is 0 Å². The van der Waals surface area contributed by atoms with Gasteiger partial charge in [0.1, 0.15) is 5.82 Å². The van der Waals surface area contributed by atoms with E-state index < -0.39 is 17.9 Å². The summed E-state index contributed by atoms with van der Waals surface area (Å²) in [5.74, 6) is -0.0627. The predicted octanol–water partition coefficient (Wildman–Crippen LogP) is 3.31. The molecule has 0 radical (unpaired) electrons. The lowest BCUT2D eigenvalue weighted by atomic mass is 9.82. The number of thioether (sulfide) groups is 1. The molecule has 31 heavy (non-hydrogen) atoms. The number of benzene rings is 1. The first kappa shape index (κ1) is 22.6. The molecule has 164 valence electrons. The molecule has 3 rings (SSSR count). The second kappa shape index (κ2) is 9.38. The molecule has 8 nitrogen and oxygen atoms in total. The number of rotatable bonds is 6. The van der Waals surface area contributed by atoms with Gasteiger partial charge in [0.2, 0.25) is 0 Å². The Morgan fingerprint density at radius 2 is 1.77 bits per heavy atom. The summed E-state index contributed by atoms with van der Waals surface area (Å²) >= 11 is 1.47. The number of aromatic amines is 1. The lowest BCUT2D eigenvalue weighted by molar-refractivity contribution is -0.136. The van der Waals surface area contributed by atoms with E-state index in [1.165, 1.54) is 26.0 Å². The molecular weight excluding hydrogens is 418 g/mol. The fourth-order valence-electron chi connectivity index (χ4n) is 3.39. The van der Waals surface area contributed by atoms with Gasteiger partial charge >= 0.3 is 11.9 Å². The van der Waals surface area contributed by atoms with E-state index in [4.69, 9.17) is 9.47 Å². The maximum Gasteiger partial charge on any atom is 0.337 e. The third-order valence-electron chi connectivity index (χ3n) is 4.84. The summed E-state index contributed by atoms with van der Waals surface area (Å²) in [5.41, 5.74) is 1.89. The van der Waals surface area contributed by atoms with Crippen molar-refractivity contribution >= 4 is 29.5 Å². The van der Waals surface area contributed by atoms with Crippen molar-refractivity contribution in [1.82, 2.24) is 9.97 Å². The zero-order valence-corrected chi connectivity index (χ0v) is 18.9. The molecule has 1 aromatic heterocycles. The Morgan fingerprint density at radius 1 is 1.13 bits per heavy atom. The van der Waals surface area contributed by atoms with Crippen molar-refractivity contribution < 1.29 is 19.1 Å². The minimum Gasteiger partial charge on any atom is -0.466 e. The van der Waals surface area contributed by atoms with Crippen LogP contribution in [-0.4, -0.2) is 41.9 Å². The lowest BCUT2D eigenvalue weighted by Gasteiger charge is -2.28. The number of anilines is 1. The highest BCUT2D eigenvalue weighted by molar-refractivity contribution is 7.99. The molecule has 0 bridgehead atoms. The number of nitrogens with zero attached hydrogens (tertiary/aromatic N) is 1. The Kier molecular flexibility index (Phi) is 6.84. The Hall–Kier alpha value is -3.07. The van der Waals surface area contributed by atoms with Crippen molar-refractivity contribution in [2.24, 2.45) is 5.92 Å². The summed E-state index contributed by atoms with van der Waals surface area (Å²) in [5, 5.41) is 3.61. The third kappa shape index (κ3) is 4.66. The van der Waals surface area contributed by atoms with E-state index in [1.807, 2.05) is 0 Å². The number of aromatic nitrogens is 2. The zero-order chi connectivity index (χ0) is 22.7. The molecule has 1 aliphatic heterocycles. The van der Waals surface area contributed by atoms with Crippen LogP contribution in [0.15, 0.2) is 45.5 Å². The van der Waals surface area contributed by atoms with E-state index in [9.17, 15) is 14.4 Å². The van der Waals surface area contributed by atoms with Gasteiger partial charge in [0, 0.05) is 11.4 Å². The van der Waals surface area contributed by atoms with E-state index in [1.54, 1.807) is 31.2 Å². The van der Waals surface area contributed by atoms with Crippen molar-refractivity contribution in [3.05, 3.63) is 62.6 Å². The minimum atomic E-state index is -0.698. The number of carbonyl (C=O) groups excluding carboxylic acids is 2. The minimum absolute atomic E-state index is 0.315. The van der Waals surface area contributed by atoms with E-state index in [-0.39, 0.29) is 5.56 Å². The normalized spacial score (nSPS) is 15.4. The fourth-order valence-corrected chi connectivity index (χ4v) is 4.20. The van der Waals surface area contributed by atoms with Gasteiger partial charge < -0.3 is 19.8 Å². The Labute approximate surface area is 184 Å². The Balaban J connectivity index is 2.14. The van der Waals surface area contributed by atoms with Gasteiger partial charge in [0.05, 0.1) is 36.8 Å². The van der Waals surface area contributed by atoms with Gasteiger partial charge in [0.15, 0.2) is 5.16 Å². The van der Waals surface area contributed by atoms with E-state index in [0.717, 1.165) is 5.75 Å². The van der Waals surface area contributed by atoms with Crippen molar-refractivity contribution in [2.45, 2.75) is 31.8 Å². The molecule has 0 spiro atoms. The van der Waals surface area contributed by atoms with Crippen LogP contribution in [0.3, 0.4) is 0 Å². The Bertz CT molecular complexity index is 1090. The van der Waals surface area contributed by atoms with E-state index >= 15 is 0 Å². The first-order valence-corrected chi connectivity index (χ1v) is 10.8. The largest absolute Gasteiger partial charge is 0.466 e. The number of allylic oxidation sites excluding steroid dienone is 1. The zero-order valence-electron chi connectivity index (χ0n) is 18.1. The van der Waals surface area contributed by atoms with Crippen LogP contribution in [0.1, 0.15) is 48.2 Å². The molecule has 2 heterocycles. The highest BCUT2D eigenvalue weighted by atomic mass is 32.2. The van der Waals surface area contributed by atoms with Gasteiger partial charge in [-0.3, -0.25) is 4.79 Å². The molecule has 1 aliphatic rings. The average Bonchev–Trinajstić information content (AvgIpc) is 2.75. The second-order valence-electron chi connectivity index (χ2n) is 7.54. The topological polar surface area (TPSA) is 110 Å². The van der Waals surface area contributed by atoms with Crippen LogP contribution in [0.2, 0.25) is 0 Å². The van der Waals surface area contributed by atoms with Gasteiger partial charge in [-0.05, 0) is 30.5 Å². The van der Waals surface area contributed by atoms with Crippen LogP contribution in [0, 0.1) is 5.92 Å². The third-order valence-corrected chi connectivity index (χ3v) is 6.14. The maximum atomic E-state index is 13.1. The number of nitrogens with one attached hydrogen (secondary N) is 2. The quantitative estimate of drug-likeness (QED) is 0.397. The van der Waals surface area contributed by atoms with Crippen molar-refractivity contribution in [2.75, 3.05) is 25.3 Å². The second-order valence-corrected chi connectivity index (χ2v) is 8.55. The summed E-state index contributed by atoms with van der Waals surface area (Å²) < 4.78 is 9.73. The van der Waals surface area contributed by atoms with Crippen LogP contribution in [0.5, 0.6) is 0 Å². The molecule has 0 aliphatic carbocycles. The highest BCUT2D eigenvalue weighted by Crippen LogP contribution is 2.40. The lowest BCUT2D eigenvalue weighted by Crippen LogP contribution is -2.31. The SMILES string of the molecule is COC(=O)C1=C(C)Nc2nc(SCC(C)C)[nH]c(=O)c2C1c1ccc(C(=O)OC)cc1. The fraction of sp³-hybridized carbons (Fsp3) is 0.364. The Morgan fingerprint density at radius 3 is 2.35 bits per heavy atom. The molecule has 1 atom stereocenters. The summed E-state index contributed by atoms with van der Waals surface area (Å²) in [6.45, 7) is 5.92. The highest BCUT2D eigenvalue weighted by Gasteiger charge is 2.36. The van der Waals surface area contributed by atoms with Gasteiger partial charge in [-0.2, -0.15) is 0 Å². The number of carbonyl (C=O) groups is 2. The van der Waals surface area contributed by atoms with Crippen molar-refractivity contribution in [3.8, 4) is 0 Å². The summed E-state index contributed by atoms with van der Waals surface area (Å²) in [6.07, 6.45) is 0. The number of hydrogen-bond acceptors (Lipinski definition) is 8. The van der Waals surface area contributed by atoms with Gasteiger partial charge in [-0.1, -0.05) is 37.7 Å². The maximum absolute atomic E-state index is 13.1. The van der Waals surface area contributed by atoms with Crippen molar-refractivity contribution in [3.63, 3.8) is 0 Å². The summed E-state index contributed by atoms with van der Waals surface area (Å²) in [6, 6.07) is 6.59. The molecule has 1 aromatic carbocycles. The smallest absolute Gasteiger partial charge is 0.337 e. The number of hydrogen-bond donors (Lipinski definition) is 2. The predicted molar refractivity (Wildman–Crippen MR) is 118 cm³/mol. The van der Waals surface area contributed by atoms with Gasteiger partial charge in [0.25, 0.3) is 5.56 Å². The molecule has 9 heteroatoms. The van der Waals surface area contributed by atoms with Crippen LogP contribution in [-0.2, 0) is 14.3 Å². The van der Waals surface area contributed by atoms with E-state index in [0.29, 0.717) is 44.9 Å². The monoisotopic (exact) mass is 443 g/mol. The average molecular weight is 444 g/mol. The number of methoxy groups -OCH3 is 2. The van der Waals surface area contributed by atoms with Crippen LogP contribution in [0.4, 0.5) is 5.82 Å². The van der Waals surface area contributed by atoms with Crippen LogP contribution >= 0.6 is 11.8 Å². The van der Waals surface area contributed by atoms with Crippen LogP contribution in [0.25, 0.3) is 0 Å². The standard InChI is InChI=1S/C22H25N3O5S/c1-11(2)10-31-22-24-18-17(19(26)25-22)16(15(12(3)23-18)21(28)30-5)13-6-8-14(9-7-13)20(27)29-4/h6-9,11,16H,10H2,1-5H3,(H2,23,24,25,26). The number of H-pyrrole nitrogens is 1. The number of fused-ring (bicyclic) bond motifs is 1. The van der Waals surface area contributed by atoms with Gasteiger partial charge in [-0.15, -0.1) is 0 Å². The molecule has 0 fully saturated rings. The molecule has 2 aromatic rings. The molecule has 1 unspecified atom stereocenters. The molecule has 0 saturated heterocycles. The summed E-state index contributed by atoms with van der Waals surface area (Å²) in [4.78, 5) is 44.9. The number of esters is 2. The molecular formula is C22H25N3O5S. The van der Waals surface area contributed by atoms with Crippen LogP contribution < -0.4 is 10.9 Å². The first-order chi connectivity index (χ1) is 14.8.